The van der Waals surface area contributed by atoms with E-state index in [0.717, 1.165) is 17.7 Å². The zero-order valence-corrected chi connectivity index (χ0v) is 12.6. The van der Waals surface area contributed by atoms with E-state index in [0.29, 0.717) is 18.4 Å². The van der Waals surface area contributed by atoms with E-state index in [1.807, 2.05) is 13.0 Å². The van der Waals surface area contributed by atoms with Crippen LogP contribution in [0.4, 0.5) is 8.78 Å². The fraction of sp³-hybridized carbons (Fsp3) is 0.625. The van der Waals surface area contributed by atoms with Crippen LogP contribution in [0.25, 0.3) is 0 Å². The van der Waals surface area contributed by atoms with Crippen molar-refractivity contribution in [1.82, 2.24) is 10.3 Å². The molecule has 6 heteroatoms. The summed E-state index contributed by atoms with van der Waals surface area (Å²) in [5.74, 6) is -2.53. The Kier molecular flexibility index (Phi) is 3.89. The summed E-state index contributed by atoms with van der Waals surface area (Å²) in [4.78, 5) is 16.6. The fourth-order valence-electron chi connectivity index (χ4n) is 3.08. The van der Waals surface area contributed by atoms with Gasteiger partial charge in [0.25, 0.3) is 5.91 Å². The molecule has 3 rings (SSSR count). The molecule has 0 radical (unpaired) electrons. The highest BCUT2D eigenvalue weighted by Crippen LogP contribution is 2.40. The van der Waals surface area contributed by atoms with E-state index in [1.54, 1.807) is 6.20 Å². The lowest BCUT2D eigenvalue weighted by Crippen LogP contribution is -2.40. The van der Waals surface area contributed by atoms with Gasteiger partial charge in [-0.25, -0.2) is 8.78 Å². The lowest BCUT2D eigenvalue weighted by Gasteiger charge is -2.28. The molecule has 1 amide bonds. The normalized spacial score (nSPS) is 27.5. The summed E-state index contributed by atoms with van der Waals surface area (Å²) < 4.78 is 26.3. The molecule has 120 valence electrons. The predicted octanol–water partition coefficient (Wildman–Crippen LogP) is 2.51. The van der Waals surface area contributed by atoms with Crippen LogP contribution in [0.5, 0.6) is 0 Å². The number of hydrogen-bond acceptors (Lipinski definition) is 3. The third kappa shape index (κ3) is 3.27. The standard InChI is InChI=1S/C16H21F2N3O/c1-9-12(13-7-14(13)19)6-10(8-20-9)15(22)21-11-2-4-16(17,18)5-3-11/h6,8,11,13-14H,2-5,7,19H2,1H3,(H,21,22)/t13-,14+/m0/s1. The Bertz CT molecular complexity index is 581. The van der Waals surface area contributed by atoms with Crippen molar-refractivity contribution in [2.45, 2.75) is 63.0 Å². The maximum Gasteiger partial charge on any atom is 0.253 e. The van der Waals surface area contributed by atoms with E-state index in [2.05, 4.69) is 10.3 Å². The summed E-state index contributed by atoms with van der Waals surface area (Å²) in [6.45, 7) is 1.91. The molecule has 1 heterocycles. The number of pyridine rings is 1. The fourth-order valence-corrected chi connectivity index (χ4v) is 3.08. The molecule has 2 atom stereocenters. The highest BCUT2D eigenvalue weighted by molar-refractivity contribution is 5.94. The summed E-state index contributed by atoms with van der Waals surface area (Å²) in [5.41, 5.74) is 8.27. The number of carbonyl (C=O) groups excluding carboxylic acids is 1. The number of alkyl halides is 2. The van der Waals surface area contributed by atoms with Crippen molar-refractivity contribution in [3.8, 4) is 0 Å². The van der Waals surface area contributed by atoms with E-state index in [9.17, 15) is 13.6 Å². The van der Waals surface area contributed by atoms with Crippen molar-refractivity contribution in [3.63, 3.8) is 0 Å². The van der Waals surface area contributed by atoms with Crippen LogP contribution in [0.1, 0.15) is 59.6 Å². The number of amides is 1. The maximum atomic E-state index is 13.1. The number of aryl methyl sites for hydroxylation is 1. The quantitative estimate of drug-likeness (QED) is 0.901. The zero-order chi connectivity index (χ0) is 15.9. The molecule has 1 aromatic rings. The third-order valence-electron chi connectivity index (χ3n) is 4.68. The van der Waals surface area contributed by atoms with Gasteiger partial charge in [-0.1, -0.05) is 0 Å². The van der Waals surface area contributed by atoms with Crippen molar-refractivity contribution < 1.29 is 13.6 Å². The van der Waals surface area contributed by atoms with Crippen LogP contribution >= 0.6 is 0 Å². The second-order valence-electron chi connectivity index (χ2n) is 6.51. The van der Waals surface area contributed by atoms with Gasteiger partial charge in [-0.3, -0.25) is 9.78 Å². The van der Waals surface area contributed by atoms with Crippen molar-refractivity contribution in [2.24, 2.45) is 5.73 Å². The number of nitrogens with two attached hydrogens (primary N) is 1. The van der Waals surface area contributed by atoms with Crippen molar-refractivity contribution in [3.05, 3.63) is 29.1 Å². The molecule has 0 saturated heterocycles. The molecule has 0 unspecified atom stereocenters. The second-order valence-corrected chi connectivity index (χ2v) is 6.51. The van der Waals surface area contributed by atoms with E-state index in [-0.39, 0.29) is 36.8 Å². The van der Waals surface area contributed by atoms with Crippen molar-refractivity contribution >= 4 is 5.91 Å². The van der Waals surface area contributed by atoms with E-state index >= 15 is 0 Å². The van der Waals surface area contributed by atoms with E-state index in [1.165, 1.54) is 0 Å². The summed E-state index contributed by atoms with van der Waals surface area (Å²) >= 11 is 0. The van der Waals surface area contributed by atoms with E-state index in [4.69, 9.17) is 5.73 Å². The minimum atomic E-state index is -2.58. The minimum Gasteiger partial charge on any atom is -0.349 e. The number of nitrogens with one attached hydrogen (secondary N) is 1. The molecule has 2 fully saturated rings. The van der Waals surface area contributed by atoms with Gasteiger partial charge in [-0.15, -0.1) is 0 Å². The molecule has 2 aliphatic carbocycles. The Hall–Kier alpha value is -1.56. The first-order valence-corrected chi connectivity index (χ1v) is 7.76. The molecule has 1 aromatic heterocycles. The summed E-state index contributed by atoms with van der Waals surface area (Å²) in [5, 5.41) is 2.85. The molecule has 22 heavy (non-hydrogen) atoms. The van der Waals surface area contributed by atoms with Gasteiger partial charge in [0.2, 0.25) is 5.92 Å². The number of nitrogens with zero attached hydrogens (tertiary/aromatic N) is 1. The molecule has 2 aliphatic rings. The first-order chi connectivity index (χ1) is 10.4. The lowest BCUT2D eigenvalue weighted by molar-refractivity contribution is -0.0399. The average molecular weight is 309 g/mol. The summed E-state index contributed by atoms with van der Waals surface area (Å²) in [6, 6.07) is 1.81. The van der Waals surface area contributed by atoms with Crippen LogP contribution in [0.15, 0.2) is 12.3 Å². The van der Waals surface area contributed by atoms with Crippen LogP contribution in [0.2, 0.25) is 0 Å². The molecular weight excluding hydrogens is 288 g/mol. The summed E-state index contributed by atoms with van der Waals surface area (Å²) in [7, 11) is 0. The molecule has 0 aliphatic heterocycles. The average Bonchev–Trinajstić information content (AvgIpc) is 3.18. The minimum absolute atomic E-state index is 0.152. The molecule has 4 nitrogen and oxygen atoms in total. The number of rotatable bonds is 3. The second kappa shape index (κ2) is 5.57. The number of hydrogen-bond donors (Lipinski definition) is 2. The first-order valence-electron chi connectivity index (χ1n) is 7.76. The van der Waals surface area contributed by atoms with Gasteiger partial charge in [0.05, 0.1) is 5.56 Å². The van der Waals surface area contributed by atoms with Gasteiger partial charge < -0.3 is 11.1 Å². The third-order valence-corrected chi connectivity index (χ3v) is 4.68. The van der Waals surface area contributed by atoms with Crippen LogP contribution in [0, 0.1) is 6.92 Å². The number of carbonyl (C=O) groups is 1. The Morgan fingerprint density at radius 3 is 2.64 bits per heavy atom. The Labute approximate surface area is 128 Å². The zero-order valence-electron chi connectivity index (χ0n) is 12.6. The molecule has 0 spiro atoms. The van der Waals surface area contributed by atoms with E-state index < -0.39 is 5.92 Å². The van der Waals surface area contributed by atoms with Gasteiger partial charge in [0.15, 0.2) is 0 Å². The topological polar surface area (TPSA) is 68.0 Å². The highest BCUT2D eigenvalue weighted by atomic mass is 19.3. The molecule has 3 N–H and O–H groups in total. The predicted molar refractivity (Wildman–Crippen MR) is 79.0 cm³/mol. The van der Waals surface area contributed by atoms with Crippen LogP contribution in [-0.2, 0) is 0 Å². The first kappa shape index (κ1) is 15.3. The van der Waals surface area contributed by atoms with Crippen molar-refractivity contribution in [1.29, 1.82) is 0 Å². The summed E-state index contributed by atoms with van der Waals surface area (Å²) in [6.07, 6.45) is 2.78. The highest BCUT2D eigenvalue weighted by Gasteiger charge is 2.37. The Balaban J connectivity index is 1.65. The SMILES string of the molecule is Cc1ncc(C(=O)NC2CCC(F)(F)CC2)cc1[C@@H]1C[C@H]1N. The largest absolute Gasteiger partial charge is 0.349 e. The van der Waals surface area contributed by atoms with Gasteiger partial charge >= 0.3 is 0 Å². The Morgan fingerprint density at radius 1 is 1.41 bits per heavy atom. The monoisotopic (exact) mass is 309 g/mol. The van der Waals surface area contributed by atoms with Gasteiger partial charge in [-0.2, -0.15) is 0 Å². The van der Waals surface area contributed by atoms with Gasteiger partial charge in [0, 0.05) is 42.7 Å². The van der Waals surface area contributed by atoms with Gasteiger partial charge in [0.1, 0.15) is 0 Å². The maximum absolute atomic E-state index is 13.1. The lowest BCUT2D eigenvalue weighted by atomic mass is 9.92. The molecular formula is C16H21F2N3O. The molecule has 0 aromatic carbocycles. The molecule has 2 saturated carbocycles. The number of halogens is 2. The van der Waals surface area contributed by atoms with Crippen LogP contribution < -0.4 is 11.1 Å². The number of aromatic nitrogens is 1. The van der Waals surface area contributed by atoms with Crippen LogP contribution in [-0.4, -0.2) is 28.9 Å². The molecule has 0 bridgehead atoms. The van der Waals surface area contributed by atoms with Crippen molar-refractivity contribution in [2.75, 3.05) is 0 Å². The van der Waals surface area contributed by atoms with Crippen LogP contribution in [0.3, 0.4) is 0 Å². The van der Waals surface area contributed by atoms with Gasteiger partial charge in [-0.05, 0) is 37.8 Å². The Morgan fingerprint density at radius 2 is 2.05 bits per heavy atom. The smallest absolute Gasteiger partial charge is 0.253 e.